The van der Waals surface area contributed by atoms with Crippen LogP contribution in [0.15, 0.2) is 12.4 Å². The quantitative estimate of drug-likeness (QED) is 0.810. The van der Waals surface area contributed by atoms with Crippen molar-refractivity contribution in [3.63, 3.8) is 0 Å². The number of hydrogen-bond acceptors (Lipinski definition) is 2. The van der Waals surface area contributed by atoms with Crippen molar-refractivity contribution in [2.24, 2.45) is 11.8 Å². The molecule has 16 heavy (non-hydrogen) atoms. The van der Waals surface area contributed by atoms with Gasteiger partial charge in [-0.15, -0.1) is 0 Å². The Balaban J connectivity index is 2.38. The minimum atomic E-state index is 0.447. The first-order valence-electron chi connectivity index (χ1n) is 5.91. The number of aromatic nitrogens is 2. The lowest BCUT2D eigenvalue weighted by molar-refractivity contribution is 0.332. The molecule has 0 saturated carbocycles. The van der Waals surface area contributed by atoms with Gasteiger partial charge in [0.15, 0.2) is 0 Å². The average molecular weight is 335 g/mol. The van der Waals surface area contributed by atoms with Gasteiger partial charge in [-0.25, -0.2) is 0 Å². The zero-order valence-corrected chi connectivity index (χ0v) is 12.7. The van der Waals surface area contributed by atoms with Crippen molar-refractivity contribution in [1.29, 1.82) is 0 Å². The molecule has 2 unspecified atom stereocenters. The molecule has 0 fully saturated rings. The summed E-state index contributed by atoms with van der Waals surface area (Å²) >= 11 is 2.30. The van der Waals surface area contributed by atoms with Crippen LogP contribution in [0.25, 0.3) is 0 Å². The van der Waals surface area contributed by atoms with Gasteiger partial charge < -0.3 is 5.32 Å². The third-order valence-electron chi connectivity index (χ3n) is 2.83. The smallest absolute Gasteiger partial charge is 0.0623 e. The van der Waals surface area contributed by atoms with Crippen LogP contribution in [0.3, 0.4) is 0 Å². The topological polar surface area (TPSA) is 29.9 Å². The zero-order valence-electron chi connectivity index (χ0n) is 10.6. The van der Waals surface area contributed by atoms with E-state index in [1.807, 2.05) is 6.20 Å². The number of nitrogens with zero attached hydrogens (tertiary/aromatic N) is 2. The molecule has 1 N–H and O–H groups in total. The molecule has 1 aromatic heterocycles. The summed E-state index contributed by atoms with van der Waals surface area (Å²) in [5.74, 6) is 1.31. The second kappa shape index (κ2) is 6.59. The molecule has 1 rings (SSSR count). The fourth-order valence-corrected chi connectivity index (χ4v) is 1.98. The van der Waals surface area contributed by atoms with Crippen LogP contribution in [0.1, 0.15) is 33.7 Å². The van der Waals surface area contributed by atoms with Crippen LogP contribution >= 0.6 is 22.6 Å². The summed E-state index contributed by atoms with van der Waals surface area (Å²) in [6, 6.07) is 0.447. The third kappa shape index (κ3) is 4.41. The van der Waals surface area contributed by atoms with Crippen LogP contribution in [0, 0.1) is 15.4 Å². The second-order valence-electron chi connectivity index (χ2n) is 4.91. The lowest BCUT2D eigenvalue weighted by Crippen LogP contribution is -2.29. The first-order valence-corrected chi connectivity index (χ1v) is 6.99. The number of halogens is 1. The van der Waals surface area contributed by atoms with Crippen LogP contribution in [0.5, 0.6) is 0 Å². The highest BCUT2D eigenvalue weighted by atomic mass is 127. The predicted molar refractivity (Wildman–Crippen MR) is 76.5 cm³/mol. The van der Waals surface area contributed by atoms with Crippen LogP contribution in [0.2, 0.25) is 0 Å². The SMILES string of the molecule is CC(C)CNCC(C)C(C)n1cc(I)cn1. The Bertz CT molecular complexity index is 309. The highest BCUT2D eigenvalue weighted by molar-refractivity contribution is 14.1. The van der Waals surface area contributed by atoms with Gasteiger partial charge in [-0.05, 0) is 54.4 Å². The molecule has 0 aliphatic heterocycles. The summed E-state index contributed by atoms with van der Waals surface area (Å²) in [4.78, 5) is 0. The average Bonchev–Trinajstić information content (AvgIpc) is 2.63. The van der Waals surface area contributed by atoms with E-state index < -0.39 is 0 Å². The van der Waals surface area contributed by atoms with Crippen molar-refractivity contribution in [1.82, 2.24) is 15.1 Å². The molecule has 0 amide bonds. The number of hydrogen-bond donors (Lipinski definition) is 1. The Morgan fingerprint density at radius 1 is 1.31 bits per heavy atom. The zero-order chi connectivity index (χ0) is 12.1. The van der Waals surface area contributed by atoms with Crippen LogP contribution in [-0.4, -0.2) is 22.9 Å². The maximum atomic E-state index is 4.36. The molecule has 4 heteroatoms. The Morgan fingerprint density at radius 2 is 2.00 bits per heavy atom. The molecule has 2 atom stereocenters. The largest absolute Gasteiger partial charge is 0.316 e. The Labute approximate surface area is 112 Å². The van der Waals surface area contributed by atoms with Crippen molar-refractivity contribution in [2.75, 3.05) is 13.1 Å². The van der Waals surface area contributed by atoms with Crippen molar-refractivity contribution in [2.45, 2.75) is 33.7 Å². The van der Waals surface area contributed by atoms with Gasteiger partial charge in [0.05, 0.1) is 15.8 Å². The van der Waals surface area contributed by atoms with E-state index in [0.29, 0.717) is 17.9 Å². The summed E-state index contributed by atoms with van der Waals surface area (Å²) in [6.07, 6.45) is 4.01. The van der Waals surface area contributed by atoms with Gasteiger partial charge >= 0.3 is 0 Å². The highest BCUT2D eigenvalue weighted by Gasteiger charge is 2.14. The van der Waals surface area contributed by atoms with E-state index in [0.717, 1.165) is 13.1 Å². The summed E-state index contributed by atoms with van der Waals surface area (Å²) in [6.45, 7) is 11.1. The maximum absolute atomic E-state index is 4.36. The summed E-state index contributed by atoms with van der Waals surface area (Å²) in [5, 5.41) is 7.86. The summed E-state index contributed by atoms with van der Waals surface area (Å²) in [7, 11) is 0. The fraction of sp³-hybridized carbons (Fsp3) is 0.750. The van der Waals surface area contributed by atoms with E-state index in [1.54, 1.807) is 0 Å². The molecular formula is C12H22IN3. The van der Waals surface area contributed by atoms with Crippen LogP contribution in [-0.2, 0) is 0 Å². The molecule has 0 bridgehead atoms. The molecule has 0 spiro atoms. The van der Waals surface area contributed by atoms with Crippen molar-refractivity contribution in [3.05, 3.63) is 16.0 Å². The highest BCUT2D eigenvalue weighted by Crippen LogP contribution is 2.17. The van der Waals surface area contributed by atoms with E-state index in [1.165, 1.54) is 3.57 Å². The van der Waals surface area contributed by atoms with Crippen molar-refractivity contribution >= 4 is 22.6 Å². The van der Waals surface area contributed by atoms with Crippen molar-refractivity contribution < 1.29 is 0 Å². The lowest BCUT2D eigenvalue weighted by Gasteiger charge is -2.21. The number of nitrogens with one attached hydrogen (secondary N) is 1. The monoisotopic (exact) mass is 335 g/mol. The van der Waals surface area contributed by atoms with Crippen LogP contribution in [0.4, 0.5) is 0 Å². The van der Waals surface area contributed by atoms with E-state index in [9.17, 15) is 0 Å². The Hall–Kier alpha value is -0.100. The molecule has 0 aromatic carbocycles. The van der Waals surface area contributed by atoms with Crippen molar-refractivity contribution in [3.8, 4) is 0 Å². The van der Waals surface area contributed by atoms with E-state index >= 15 is 0 Å². The molecule has 3 nitrogen and oxygen atoms in total. The molecule has 1 heterocycles. The molecule has 92 valence electrons. The molecule has 1 aromatic rings. The molecular weight excluding hydrogens is 313 g/mol. The molecule has 0 saturated heterocycles. The van der Waals surface area contributed by atoms with E-state index in [-0.39, 0.29) is 0 Å². The first kappa shape index (κ1) is 14.0. The van der Waals surface area contributed by atoms with Gasteiger partial charge in [0, 0.05) is 6.20 Å². The minimum absolute atomic E-state index is 0.447. The second-order valence-corrected chi connectivity index (χ2v) is 6.15. The predicted octanol–water partition coefficient (Wildman–Crippen LogP) is 2.93. The summed E-state index contributed by atoms with van der Waals surface area (Å²) < 4.78 is 3.26. The molecule has 0 radical (unpaired) electrons. The fourth-order valence-electron chi connectivity index (χ4n) is 1.57. The van der Waals surface area contributed by atoms with Gasteiger partial charge in [-0.1, -0.05) is 20.8 Å². The van der Waals surface area contributed by atoms with E-state index in [4.69, 9.17) is 0 Å². The van der Waals surface area contributed by atoms with Gasteiger partial charge in [0.25, 0.3) is 0 Å². The first-order chi connectivity index (χ1) is 7.50. The van der Waals surface area contributed by atoms with Gasteiger partial charge in [-0.3, -0.25) is 4.68 Å². The third-order valence-corrected chi connectivity index (χ3v) is 3.39. The molecule has 0 aliphatic rings. The summed E-state index contributed by atoms with van der Waals surface area (Å²) in [5.41, 5.74) is 0. The van der Waals surface area contributed by atoms with Gasteiger partial charge in [0.2, 0.25) is 0 Å². The minimum Gasteiger partial charge on any atom is -0.316 e. The lowest BCUT2D eigenvalue weighted by atomic mass is 10.0. The normalized spacial score (nSPS) is 15.4. The number of rotatable bonds is 6. The Kier molecular flexibility index (Phi) is 5.75. The Morgan fingerprint density at radius 3 is 2.50 bits per heavy atom. The van der Waals surface area contributed by atoms with Crippen LogP contribution < -0.4 is 5.32 Å². The standard InChI is InChI=1S/C12H22IN3/c1-9(2)5-14-6-10(3)11(4)16-8-12(13)7-15-16/h7-11,14H,5-6H2,1-4H3. The van der Waals surface area contributed by atoms with Gasteiger partial charge in [0.1, 0.15) is 0 Å². The molecule has 0 aliphatic carbocycles. The van der Waals surface area contributed by atoms with E-state index in [2.05, 4.69) is 71.6 Å². The maximum Gasteiger partial charge on any atom is 0.0623 e. The van der Waals surface area contributed by atoms with Gasteiger partial charge in [-0.2, -0.15) is 5.10 Å².